The van der Waals surface area contributed by atoms with Gasteiger partial charge in [-0.1, -0.05) is 0 Å². The zero-order chi connectivity index (χ0) is 16.5. The summed E-state index contributed by atoms with van der Waals surface area (Å²) >= 11 is 0. The van der Waals surface area contributed by atoms with E-state index in [0.29, 0.717) is 0 Å². The van der Waals surface area contributed by atoms with Crippen LogP contribution in [0.5, 0.6) is 0 Å². The van der Waals surface area contributed by atoms with E-state index in [9.17, 15) is 24.2 Å². The summed E-state index contributed by atoms with van der Waals surface area (Å²) in [6, 6.07) is 1.02. The second-order valence-electron chi connectivity index (χ2n) is 5.24. The Labute approximate surface area is 124 Å². The van der Waals surface area contributed by atoms with Crippen molar-refractivity contribution in [3.8, 4) is 0 Å². The molecule has 1 aromatic rings. The molecule has 0 radical (unpaired) electrons. The molecule has 1 fully saturated rings. The summed E-state index contributed by atoms with van der Waals surface area (Å²) in [5, 5.41) is 19.5. The Kier molecular flexibility index (Phi) is 4.78. The van der Waals surface area contributed by atoms with Crippen molar-refractivity contribution in [1.82, 2.24) is 14.5 Å². The van der Waals surface area contributed by atoms with Crippen LogP contribution < -0.4 is 11.2 Å². The van der Waals surface area contributed by atoms with E-state index in [1.54, 1.807) is 19.0 Å². The molecule has 22 heavy (non-hydrogen) atoms. The molecule has 0 amide bonds. The molecule has 2 heterocycles. The summed E-state index contributed by atoms with van der Waals surface area (Å²) < 4.78 is 25.7. The minimum absolute atomic E-state index is 0.0441. The summed E-state index contributed by atoms with van der Waals surface area (Å²) in [5.41, 5.74) is -1.54. The molecule has 4 atom stereocenters. The van der Waals surface area contributed by atoms with Crippen LogP contribution in [0.15, 0.2) is 21.9 Å². The average Bonchev–Trinajstić information content (AvgIpc) is 2.71. The van der Waals surface area contributed by atoms with Gasteiger partial charge in [0.15, 0.2) is 12.4 Å². The van der Waals surface area contributed by atoms with Gasteiger partial charge in [0.1, 0.15) is 19.4 Å². The molecule has 0 unspecified atom stereocenters. The van der Waals surface area contributed by atoms with E-state index < -0.39 is 42.1 Å². The number of aliphatic hydroxyl groups is 2. The molecule has 1 aliphatic rings. The molecule has 0 aliphatic carbocycles. The summed E-state index contributed by atoms with van der Waals surface area (Å²) in [7, 11) is 3.34. The molecule has 124 valence electrons. The van der Waals surface area contributed by atoms with Crippen LogP contribution in [0, 0.1) is 0 Å². The second kappa shape index (κ2) is 6.26. The minimum atomic E-state index is -2.03. The molecular weight excluding hydrogens is 301 g/mol. The van der Waals surface area contributed by atoms with Crippen LogP contribution in [-0.2, 0) is 9.47 Å². The molecule has 10 heteroatoms. The Hall–Kier alpha value is -1.59. The fraction of sp³-hybridized carbons (Fsp3) is 0.667. The van der Waals surface area contributed by atoms with Crippen molar-refractivity contribution in [2.24, 2.45) is 0 Å². The number of aromatic amines is 1. The molecule has 0 saturated carbocycles. The van der Waals surface area contributed by atoms with Crippen LogP contribution in [0.1, 0.15) is 6.23 Å². The number of halogens is 1. The molecule has 1 saturated heterocycles. The number of hydrogen-bond acceptors (Lipinski definition) is 7. The fourth-order valence-corrected chi connectivity index (χ4v) is 2.11. The maximum absolute atomic E-state index is 14.3. The Morgan fingerprint density at radius 1 is 1.55 bits per heavy atom. The number of aliphatic hydroxyl groups excluding tert-OH is 2. The van der Waals surface area contributed by atoms with Gasteiger partial charge < -0.3 is 19.7 Å². The third-order valence-corrected chi connectivity index (χ3v) is 3.26. The average molecular weight is 319 g/mol. The third-order valence-electron chi connectivity index (χ3n) is 3.26. The van der Waals surface area contributed by atoms with Crippen molar-refractivity contribution < 1.29 is 24.1 Å². The van der Waals surface area contributed by atoms with Gasteiger partial charge in [0.25, 0.3) is 5.56 Å². The van der Waals surface area contributed by atoms with Gasteiger partial charge in [0.2, 0.25) is 5.79 Å². The van der Waals surface area contributed by atoms with Crippen molar-refractivity contribution in [3.63, 3.8) is 0 Å². The van der Waals surface area contributed by atoms with Crippen LogP contribution in [-0.4, -0.2) is 70.2 Å². The number of H-pyrrole nitrogens is 1. The SMILES string of the molecule is CN(C)CO[C@]1(CO)O[C@@H](n2ccc(=O)[nH]c2=O)[C@@H](F)[C@@H]1O. The molecule has 0 spiro atoms. The summed E-state index contributed by atoms with van der Waals surface area (Å²) in [6.45, 7) is -0.853. The number of nitrogens with one attached hydrogen (secondary N) is 1. The Morgan fingerprint density at radius 3 is 2.77 bits per heavy atom. The van der Waals surface area contributed by atoms with Gasteiger partial charge in [-0.05, 0) is 14.1 Å². The van der Waals surface area contributed by atoms with E-state index in [1.165, 1.54) is 0 Å². The number of nitrogens with zero attached hydrogens (tertiary/aromatic N) is 2. The van der Waals surface area contributed by atoms with Crippen molar-refractivity contribution in [3.05, 3.63) is 33.1 Å². The highest BCUT2D eigenvalue weighted by Crippen LogP contribution is 2.39. The van der Waals surface area contributed by atoms with E-state index in [1.807, 2.05) is 4.98 Å². The predicted molar refractivity (Wildman–Crippen MR) is 71.8 cm³/mol. The van der Waals surface area contributed by atoms with E-state index in [2.05, 4.69) is 0 Å². The van der Waals surface area contributed by atoms with Crippen LogP contribution >= 0.6 is 0 Å². The van der Waals surface area contributed by atoms with Crippen LogP contribution in [0.4, 0.5) is 4.39 Å². The standard InChI is InChI=1S/C12H18FN3O6/c1-15(2)6-21-12(5-17)9(19)8(13)10(22-12)16-4-3-7(18)14-11(16)20/h3-4,8-10,17,19H,5-6H2,1-2H3,(H,14,18,20)/t8-,9-,10+,12+/m0/s1. The van der Waals surface area contributed by atoms with Gasteiger partial charge in [-0.3, -0.25) is 19.2 Å². The molecule has 1 aromatic heterocycles. The first-order valence-electron chi connectivity index (χ1n) is 6.52. The topological polar surface area (TPSA) is 117 Å². The van der Waals surface area contributed by atoms with Gasteiger partial charge in [-0.25, -0.2) is 9.18 Å². The monoisotopic (exact) mass is 319 g/mol. The highest BCUT2D eigenvalue weighted by Gasteiger charge is 2.57. The van der Waals surface area contributed by atoms with Crippen LogP contribution in [0.3, 0.4) is 0 Å². The van der Waals surface area contributed by atoms with E-state index in [4.69, 9.17) is 9.47 Å². The van der Waals surface area contributed by atoms with Crippen molar-refractivity contribution in [1.29, 1.82) is 0 Å². The Morgan fingerprint density at radius 2 is 2.23 bits per heavy atom. The lowest BCUT2D eigenvalue weighted by molar-refractivity contribution is -0.292. The molecule has 9 nitrogen and oxygen atoms in total. The van der Waals surface area contributed by atoms with Gasteiger partial charge in [0.05, 0.1) is 0 Å². The summed E-state index contributed by atoms with van der Waals surface area (Å²) in [6.07, 6.45) is -4.32. The van der Waals surface area contributed by atoms with Gasteiger partial charge in [-0.2, -0.15) is 0 Å². The smallest absolute Gasteiger partial charge is 0.330 e. The largest absolute Gasteiger partial charge is 0.391 e. The zero-order valence-corrected chi connectivity index (χ0v) is 12.1. The summed E-state index contributed by atoms with van der Waals surface area (Å²) in [5.74, 6) is -2.00. The first-order valence-corrected chi connectivity index (χ1v) is 6.52. The quantitative estimate of drug-likeness (QED) is 0.537. The number of alkyl halides is 1. The van der Waals surface area contributed by atoms with Crippen LogP contribution in [0.2, 0.25) is 0 Å². The fourth-order valence-electron chi connectivity index (χ4n) is 2.11. The zero-order valence-electron chi connectivity index (χ0n) is 12.1. The number of ether oxygens (including phenoxy) is 2. The number of hydrogen-bond donors (Lipinski definition) is 3. The Balaban J connectivity index is 2.32. The number of rotatable bonds is 5. The first kappa shape index (κ1) is 16.8. The van der Waals surface area contributed by atoms with E-state index in [-0.39, 0.29) is 6.73 Å². The highest BCUT2D eigenvalue weighted by atomic mass is 19.1. The lowest BCUT2D eigenvalue weighted by Crippen LogP contribution is -2.49. The maximum atomic E-state index is 14.3. The molecule has 3 N–H and O–H groups in total. The lowest BCUT2D eigenvalue weighted by Gasteiger charge is -2.30. The van der Waals surface area contributed by atoms with Crippen molar-refractivity contribution in [2.75, 3.05) is 27.4 Å². The minimum Gasteiger partial charge on any atom is -0.391 e. The molecule has 1 aliphatic heterocycles. The first-order chi connectivity index (χ1) is 10.3. The van der Waals surface area contributed by atoms with Gasteiger partial charge in [-0.15, -0.1) is 0 Å². The van der Waals surface area contributed by atoms with Crippen molar-refractivity contribution in [2.45, 2.75) is 24.3 Å². The second-order valence-corrected chi connectivity index (χ2v) is 5.24. The molecular formula is C12H18FN3O6. The maximum Gasteiger partial charge on any atom is 0.330 e. The van der Waals surface area contributed by atoms with Gasteiger partial charge in [0, 0.05) is 12.3 Å². The molecule has 2 rings (SSSR count). The Bertz CT molecular complexity index is 632. The van der Waals surface area contributed by atoms with Gasteiger partial charge >= 0.3 is 5.69 Å². The van der Waals surface area contributed by atoms with E-state index >= 15 is 0 Å². The molecule has 0 bridgehead atoms. The van der Waals surface area contributed by atoms with Crippen molar-refractivity contribution >= 4 is 0 Å². The lowest BCUT2D eigenvalue weighted by atomic mass is 10.1. The predicted octanol–water partition coefficient (Wildman–Crippen LogP) is -2.01. The summed E-state index contributed by atoms with van der Waals surface area (Å²) in [4.78, 5) is 26.3. The van der Waals surface area contributed by atoms with E-state index in [0.717, 1.165) is 16.8 Å². The number of aromatic nitrogens is 2. The highest BCUT2D eigenvalue weighted by molar-refractivity contribution is 4.97. The normalized spacial score (nSPS) is 31.8. The van der Waals surface area contributed by atoms with Crippen LogP contribution in [0.25, 0.3) is 0 Å². The third kappa shape index (κ3) is 2.96. The molecule has 0 aromatic carbocycles.